The second kappa shape index (κ2) is 7.51. The summed E-state index contributed by atoms with van der Waals surface area (Å²) in [7, 11) is 0. The number of hydrogen-bond acceptors (Lipinski definition) is 6. The van der Waals surface area contributed by atoms with Crippen LogP contribution in [0.1, 0.15) is 11.3 Å². The zero-order valence-corrected chi connectivity index (χ0v) is 16.9. The molecule has 0 aliphatic carbocycles. The Morgan fingerprint density at radius 2 is 1.90 bits per heavy atom. The Morgan fingerprint density at radius 1 is 1.03 bits per heavy atom. The quantitative estimate of drug-likeness (QED) is 0.354. The first-order valence-corrected chi connectivity index (χ1v) is 9.72. The number of hydrogen-bond donors (Lipinski definition) is 0. The third kappa shape index (κ3) is 3.53. The van der Waals surface area contributed by atoms with Gasteiger partial charge in [0, 0.05) is 26.9 Å². The maximum Gasteiger partial charge on any atom is 0.336 e. The highest BCUT2D eigenvalue weighted by Crippen LogP contribution is 2.35. The Kier molecular flexibility index (Phi) is 4.69. The van der Waals surface area contributed by atoms with Crippen LogP contribution in [-0.2, 0) is 13.2 Å². The zero-order chi connectivity index (χ0) is 20.7. The average Bonchev–Trinajstić information content (AvgIpc) is 3.37. The van der Waals surface area contributed by atoms with E-state index in [4.69, 9.17) is 36.8 Å². The Balaban J connectivity index is 1.41. The highest BCUT2D eigenvalue weighted by Gasteiger charge is 2.16. The molecule has 0 spiro atoms. The Morgan fingerprint density at radius 3 is 2.77 bits per heavy atom. The van der Waals surface area contributed by atoms with Crippen LogP contribution in [0.2, 0.25) is 10.0 Å². The average molecular weight is 442 g/mol. The van der Waals surface area contributed by atoms with E-state index < -0.39 is 5.63 Å². The molecule has 30 heavy (non-hydrogen) atoms. The van der Waals surface area contributed by atoms with Gasteiger partial charge in [0.15, 0.2) is 11.2 Å². The van der Waals surface area contributed by atoms with Gasteiger partial charge in [0.1, 0.15) is 12.3 Å². The lowest BCUT2D eigenvalue weighted by atomic mass is 10.1. The van der Waals surface area contributed by atoms with Gasteiger partial charge >= 0.3 is 5.63 Å². The summed E-state index contributed by atoms with van der Waals surface area (Å²) in [6, 6.07) is 12.0. The third-order valence-electron chi connectivity index (χ3n) is 4.58. The number of furan rings is 1. The van der Waals surface area contributed by atoms with Crippen LogP contribution in [0.25, 0.3) is 21.9 Å². The van der Waals surface area contributed by atoms with Gasteiger partial charge in [-0.2, -0.15) is 0 Å². The van der Waals surface area contributed by atoms with Crippen LogP contribution >= 0.6 is 23.2 Å². The molecule has 0 aliphatic heterocycles. The zero-order valence-electron chi connectivity index (χ0n) is 15.3. The predicted octanol–water partition coefficient (Wildman–Crippen LogP) is 5.06. The van der Waals surface area contributed by atoms with Gasteiger partial charge in [0.05, 0.1) is 19.0 Å². The smallest absolute Gasteiger partial charge is 0.336 e. The highest BCUT2D eigenvalue weighted by atomic mass is 35.5. The number of rotatable bonds is 5. The monoisotopic (exact) mass is 441 g/mol. The van der Waals surface area contributed by atoms with E-state index in [0.717, 1.165) is 16.3 Å². The molecular weight excluding hydrogens is 429 g/mol. The lowest BCUT2D eigenvalue weighted by Gasteiger charge is -2.07. The van der Waals surface area contributed by atoms with Gasteiger partial charge in [-0.1, -0.05) is 34.5 Å². The molecular formula is C21H13Cl2N3O4. The molecule has 2 aromatic carbocycles. The van der Waals surface area contributed by atoms with Crippen molar-refractivity contribution in [3.05, 3.63) is 86.6 Å². The molecule has 7 nitrogen and oxygen atoms in total. The summed E-state index contributed by atoms with van der Waals surface area (Å²) in [5.41, 5.74) is 1.81. The molecule has 5 rings (SSSR count). The fourth-order valence-corrected chi connectivity index (χ4v) is 3.66. The van der Waals surface area contributed by atoms with Crippen molar-refractivity contribution >= 4 is 45.1 Å². The standard InChI is InChI=1S/C21H13Cl2N3O4/c22-15-3-1-14(17(23)8-15)9-26-10-16(24-25-26)11-29-21-19-13(5-6-28-19)7-12-2-4-18(27)30-20(12)21/h1-8,10H,9,11H2. The Hall–Kier alpha value is -3.29. The van der Waals surface area contributed by atoms with E-state index in [1.54, 1.807) is 35.3 Å². The molecule has 0 radical (unpaired) electrons. The molecule has 3 heterocycles. The van der Waals surface area contributed by atoms with Crippen molar-refractivity contribution in [3.63, 3.8) is 0 Å². The summed E-state index contributed by atoms with van der Waals surface area (Å²) in [5, 5.41) is 11.0. The lowest BCUT2D eigenvalue weighted by molar-refractivity contribution is 0.298. The van der Waals surface area contributed by atoms with Gasteiger partial charge in [-0.25, -0.2) is 9.48 Å². The minimum Gasteiger partial charge on any atom is -0.480 e. The third-order valence-corrected chi connectivity index (χ3v) is 5.17. The summed E-state index contributed by atoms with van der Waals surface area (Å²) in [5.74, 6) is 0.348. The lowest BCUT2D eigenvalue weighted by Crippen LogP contribution is -2.01. The minimum absolute atomic E-state index is 0.113. The van der Waals surface area contributed by atoms with E-state index in [1.807, 2.05) is 18.2 Å². The fourth-order valence-electron chi connectivity index (χ4n) is 3.19. The van der Waals surface area contributed by atoms with Crippen molar-refractivity contribution in [2.75, 3.05) is 0 Å². The van der Waals surface area contributed by atoms with E-state index >= 15 is 0 Å². The summed E-state index contributed by atoms with van der Waals surface area (Å²) in [4.78, 5) is 11.7. The van der Waals surface area contributed by atoms with Crippen LogP contribution in [-0.4, -0.2) is 15.0 Å². The Labute approximate surface area is 179 Å². The SMILES string of the molecule is O=c1ccc2cc3ccoc3c(OCc3cn(Cc4ccc(Cl)cc4Cl)nn3)c2o1. The first-order valence-electron chi connectivity index (χ1n) is 8.96. The van der Waals surface area contributed by atoms with E-state index in [9.17, 15) is 4.79 Å². The van der Waals surface area contributed by atoms with Crippen LogP contribution in [0.4, 0.5) is 0 Å². The molecule has 0 aliphatic rings. The van der Waals surface area contributed by atoms with Crippen molar-refractivity contribution in [1.82, 2.24) is 15.0 Å². The maximum absolute atomic E-state index is 11.7. The number of ether oxygens (including phenoxy) is 1. The predicted molar refractivity (Wildman–Crippen MR) is 112 cm³/mol. The molecule has 9 heteroatoms. The molecule has 0 bridgehead atoms. The second-order valence-electron chi connectivity index (χ2n) is 6.65. The number of benzene rings is 2. The van der Waals surface area contributed by atoms with Crippen LogP contribution in [0.15, 0.2) is 68.6 Å². The van der Waals surface area contributed by atoms with Crippen LogP contribution < -0.4 is 10.4 Å². The molecule has 150 valence electrons. The van der Waals surface area contributed by atoms with Crippen molar-refractivity contribution in [2.45, 2.75) is 13.2 Å². The number of halogens is 2. The van der Waals surface area contributed by atoms with Crippen molar-refractivity contribution in [2.24, 2.45) is 0 Å². The minimum atomic E-state index is -0.468. The van der Waals surface area contributed by atoms with E-state index in [0.29, 0.717) is 39.2 Å². The van der Waals surface area contributed by atoms with Gasteiger partial charge in [0.2, 0.25) is 5.75 Å². The number of aromatic nitrogens is 3. The first-order chi connectivity index (χ1) is 14.6. The summed E-state index contributed by atoms with van der Waals surface area (Å²) >= 11 is 12.2. The molecule has 0 atom stereocenters. The molecule has 3 aromatic heterocycles. The second-order valence-corrected chi connectivity index (χ2v) is 7.49. The maximum atomic E-state index is 11.7. The normalized spacial score (nSPS) is 11.4. The van der Waals surface area contributed by atoms with Gasteiger partial charge < -0.3 is 13.6 Å². The van der Waals surface area contributed by atoms with Crippen molar-refractivity contribution < 1.29 is 13.6 Å². The van der Waals surface area contributed by atoms with Gasteiger partial charge in [0.25, 0.3) is 0 Å². The number of nitrogens with zero attached hydrogens (tertiary/aromatic N) is 3. The summed E-state index contributed by atoms with van der Waals surface area (Å²) in [6.07, 6.45) is 3.31. The van der Waals surface area contributed by atoms with Gasteiger partial charge in [-0.3, -0.25) is 0 Å². The fraction of sp³-hybridized carbons (Fsp3) is 0.0952. The topological polar surface area (TPSA) is 83.3 Å². The van der Waals surface area contributed by atoms with Crippen molar-refractivity contribution in [1.29, 1.82) is 0 Å². The molecule has 0 amide bonds. The van der Waals surface area contributed by atoms with Crippen molar-refractivity contribution in [3.8, 4) is 5.75 Å². The van der Waals surface area contributed by atoms with Crippen LogP contribution in [0, 0.1) is 0 Å². The van der Waals surface area contributed by atoms with E-state index in [2.05, 4.69) is 10.3 Å². The largest absolute Gasteiger partial charge is 0.480 e. The van der Waals surface area contributed by atoms with E-state index in [1.165, 1.54) is 6.07 Å². The Bertz CT molecular complexity index is 1440. The molecule has 0 saturated carbocycles. The number of fused-ring (bicyclic) bond motifs is 2. The van der Waals surface area contributed by atoms with Crippen LogP contribution in [0.3, 0.4) is 0 Å². The molecule has 5 aromatic rings. The molecule has 0 saturated heterocycles. The summed E-state index contributed by atoms with van der Waals surface area (Å²) in [6.45, 7) is 0.552. The van der Waals surface area contributed by atoms with Gasteiger partial charge in [-0.05, 0) is 35.9 Å². The highest BCUT2D eigenvalue weighted by molar-refractivity contribution is 6.35. The van der Waals surface area contributed by atoms with E-state index in [-0.39, 0.29) is 6.61 Å². The van der Waals surface area contributed by atoms with Gasteiger partial charge in [-0.15, -0.1) is 5.10 Å². The molecule has 0 unspecified atom stereocenters. The molecule has 0 N–H and O–H groups in total. The molecule has 0 fully saturated rings. The first kappa shape index (κ1) is 18.7. The summed E-state index contributed by atoms with van der Waals surface area (Å²) < 4.78 is 18.5. The van der Waals surface area contributed by atoms with Crippen LogP contribution in [0.5, 0.6) is 5.75 Å².